The molecule has 172 valence electrons. The summed E-state index contributed by atoms with van der Waals surface area (Å²) in [6.07, 6.45) is 8.53. The highest BCUT2D eigenvalue weighted by Crippen LogP contribution is 2.49. The first-order valence-corrected chi connectivity index (χ1v) is 12.6. The first-order chi connectivity index (χ1) is 15.1. The van der Waals surface area contributed by atoms with Crippen LogP contribution in [0.5, 0.6) is 0 Å². The highest BCUT2D eigenvalue weighted by Gasteiger charge is 2.49. The van der Waals surface area contributed by atoms with Crippen molar-refractivity contribution in [3.05, 3.63) is 29.8 Å². The van der Waals surface area contributed by atoms with Crippen LogP contribution in [0, 0.1) is 5.92 Å². The van der Waals surface area contributed by atoms with E-state index in [1.54, 1.807) is 0 Å². The number of anilines is 1. The van der Waals surface area contributed by atoms with Gasteiger partial charge in [0, 0.05) is 50.4 Å². The third-order valence-electron chi connectivity index (χ3n) is 8.08. The van der Waals surface area contributed by atoms with E-state index in [0.29, 0.717) is 6.54 Å². The standard InChI is InChI=1S/C26H41N3O2/c1-3-27(4-2)22-13-11-21(12-14-22)25-23-10-6-7-15-26(23,31)16-19-29(25)20-24(30)28-17-8-5-9-18-28/h11-14,23,25,31H,3-10,15-20H2,1-2H3/t23-,25-,26-/m0/s1. The Balaban J connectivity index is 1.58. The van der Waals surface area contributed by atoms with Gasteiger partial charge in [-0.1, -0.05) is 25.0 Å². The number of carbonyl (C=O) groups excluding carboxylic acids is 1. The number of piperidine rings is 2. The number of benzene rings is 1. The van der Waals surface area contributed by atoms with Crippen LogP contribution < -0.4 is 4.90 Å². The molecule has 3 fully saturated rings. The molecule has 1 aliphatic carbocycles. The van der Waals surface area contributed by atoms with Gasteiger partial charge in [0.1, 0.15) is 0 Å². The normalized spacial score (nSPS) is 29.5. The number of hydrogen-bond acceptors (Lipinski definition) is 4. The molecule has 0 bridgehead atoms. The van der Waals surface area contributed by atoms with Crippen LogP contribution in [0.15, 0.2) is 24.3 Å². The SMILES string of the molecule is CCN(CC)c1ccc([C@H]2[C@@H]3CCCC[C@]3(O)CCN2CC(=O)N2CCCCC2)cc1. The number of nitrogens with zero attached hydrogens (tertiary/aromatic N) is 3. The molecule has 0 aromatic heterocycles. The van der Waals surface area contributed by atoms with Crippen LogP contribution in [-0.2, 0) is 4.79 Å². The van der Waals surface area contributed by atoms with Crippen molar-refractivity contribution in [2.24, 2.45) is 5.92 Å². The maximum Gasteiger partial charge on any atom is 0.236 e. The second-order valence-corrected chi connectivity index (χ2v) is 9.83. The number of amides is 1. The molecule has 31 heavy (non-hydrogen) atoms. The number of rotatable bonds is 6. The molecule has 5 heteroatoms. The molecular weight excluding hydrogens is 386 g/mol. The summed E-state index contributed by atoms with van der Waals surface area (Å²) in [7, 11) is 0. The average molecular weight is 428 g/mol. The number of fused-ring (bicyclic) bond motifs is 1. The first-order valence-electron chi connectivity index (χ1n) is 12.6. The van der Waals surface area contributed by atoms with Gasteiger partial charge >= 0.3 is 0 Å². The summed E-state index contributed by atoms with van der Waals surface area (Å²) in [5.41, 5.74) is 1.93. The van der Waals surface area contributed by atoms with Crippen molar-refractivity contribution in [1.29, 1.82) is 0 Å². The number of carbonyl (C=O) groups is 1. The molecule has 0 radical (unpaired) electrons. The fraction of sp³-hybridized carbons (Fsp3) is 0.731. The van der Waals surface area contributed by atoms with Gasteiger partial charge in [0.2, 0.25) is 5.91 Å². The van der Waals surface area contributed by atoms with Crippen LogP contribution in [0.2, 0.25) is 0 Å². The lowest BCUT2D eigenvalue weighted by atomic mass is 9.66. The van der Waals surface area contributed by atoms with E-state index in [-0.39, 0.29) is 17.9 Å². The van der Waals surface area contributed by atoms with Crippen LogP contribution in [0.3, 0.4) is 0 Å². The second-order valence-electron chi connectivity index (χ2n) is 9.83. The number of hydrogen-bond donors (Lipinski definition) is 1. The third kappa shape index (κ3) is 4.78. The van der Waals surface area contributed by atoms with E-state index in [4.69, 9.17) is 0 Å². The van der Waals surface area contributed by atoms with Crippen molar-refractivity contribution in [2.75, 3.05) is 44.2 Å². The lowest BCUT2D eigenvalue weighted by Gasteiger charge is -2.52. The predicted molar refractivity (Wildman–Crippen MR) is 126 cm³/mol. The Bertz CT molecular complexity index is 727. The summed E-state index contributed by atoms with van der Waals surface area (Å²) < 4.78 is 0. The quantitative estimate of drug-likeness (QED) is 0.739. The van der Waals surface area contributed by atoms with E-state index in [9.17, 15) is 9.90 Å². The van der Waals surface area contributed by atoms with Gasteiger partial charge in [-0.2, -0.15) is 0 Å². The zero-order chi connectivity index (χ0) is 21.8. The van der Waals surface area contributed by atoms with Crippen LogP contribution in [0.4, 0.5) is 5.69 Å². The highest BCUT2D eigenvalue weighted by molar-refractivity contribution is 5.78. The summed E-state index contributed by atoms with van der Waals surface area (Å²) in [4.78, 5) is 19.9. The van der Waals surface area contributed by atoms with E-state index in [1.165, 1.54) is 24.1 Å². The molecule has 0 spiro atoms. The molecule has 4 rings (SSSR count). The predicted octanol–water partition coefficient (Wildman–Crippen LogP) is 4.21. The van der Waals surface area contributed by atoms with Gasteiger partial charge in [-0.15, -0.1) is 0 Å². The highest BCUT2D eigenvalue weighted by atomic mass is 16.3. The lowest BCUT2D eigenvalue weighted by Crippen LogP contribution is -2.56. The van der Waals surface area contributed by atoms with E-state index in [1.807, 2.05) is 0 Å². The second kappa shape index (κ2) is 9.91. The maximum absolute atomic E-state index is 13.1. The number of aliphatic hydroxyl groups is 1. The molecule has 2 saturated heterocycles. The van der Waals surface area contributed by atoms with Crippen LogP contribution in [0.25, 0.3) is 0 Å². The zero-order valence-corrected chi connectivity index (χ0v) is 19.6. The molecule has 2 heterocycles. The Morgan fingerprint density at radius 2 is 1.71 bits per heavy atom. The molecule has 2 aliphatic heterocycles. The van der Waals surface area contributed by atoms with Crippen molar-refractivity contribution in [2.45, 2.75) is 76.9 Å². The molecule has 1 amide bonds. The molecule has 1 aromatic carbocycles. The Morgan fingerprint density at radius 1 is 1.00 bits per heavy atom. The number of likely N-dealkylation sites (tertiary alicyclic amines) is 2. The molecule has 3 aliphatic rings. The maximum atomic E-state index is 13.1. The lowest BCUT2D eigenvalue weighted by molar-refractivity contribution is -0.145. The summed E-state index contributed by atoms with van der Waals surface area (Å²) in [5.74, 6) is 0.481. The van der Waals surface area contributed by atoms with Crippen LogP contribution in [0.1, 0.15) is 76.8 Å². The van der Waals surface area contributed by atoms with E-state index in [0.717, 1.165) is 71.2 Å². The molecule has 1 saturated carbocycles. The fourth-order valence-corrected chi connectivity index (χ4v) is 6.25. The smallest absolute Gasteiger partial charge is 0.236 e. The fourth-order valence-electron chi connectivity index (χ4n) is 6.25. The molecule has 3 atom stereocenters. The van der Waals surface area contributed by atoms with E-state index >= 15 is 0 Å². The van der Waals surface area contributed by atoms with Crippen molar-refractivity contribution in [3.8, 4) is 0 Å². The van der Waals surface area contributed by atoms with Crippen molar-refractivity contribution in [1.82, 2.24) is 9.80 Å². The molecule has 1 aromatic rings. The first kappa shape index (κ1) is 22.6. The van der Waals surface area contributed by atoms with Gasteiger partial charge in [0.05, 0.1) is 12.1 Å². The van der Waals surface area contributed by atoms with Gasteiger partial charge in [-0.05, 0) is 70.1 Å². The zero-order valence-electron chi connectivity index (χ0n) is 19.6. The third-order valence-corrected chi connectivity index (χ3v) is 8.08. The van der Waals surface area contributed by atoms with Crippen LogP contribution in [-0.4, -0.2) is 65.7 Å². The molecule has 0 unspecified atom stereocenters. The Morgan fingerprint density at radius 3 is 2.39 bits per heavy atom. The summed E-state index contributed by atoms with van der Waals surface area (Å²) in [6.45, 7) is 9.47. The summed E-state index contributed by atoms with van der Waals surface area (Å²) in [6, 6.07) is 9.07. The van der Waals surface area contributed by atoms with Gasteiger partial charge in [-0.25, -0.2) is 0 Å². The van der Waals surface area contributed by atoms with Crippen LogP contribution >= 0.6 is 0 Å². The van der Waals surface area contributed by atoms with E-state index < -0.39 is 5.60 Å². The molecule has 5 nitrogen and oxygen atoms in total. The van der Waals surface area contributed by atoms with Gasteiger partial charge in [0.15, 0.2) is 0 Å². The topological polar surface area (TPSA) is 47.0 Å². The van der Waals surface area contributed by atoms with Gasteiger partial charge in [0.25, 0.3) is 0 Å². The largest absolute Gasteiger partial charge is 0.389 e. The van der Waals surface area contributed by atoms with Gasteiger partial charge in [-0.3, -0.25) is 9.69 Å². The van der Waals surface area contributed by atoms with Crippen molar-refractivity contribution < 1.29 is 9.90 Å². The van der Waals surface area contributed by atoms with E-state index in [2.05, 4.69) is 52.8 Å². The summed E-state index contributed by atoms with van der Waals surface area (Å²) >= 11 is 0. The average Bonchev–Trinajstić information content (AvgIpc) is 2.81. The Labute approximate surface area is 188 Å². The minimum atomic E-state index is -0.578. The Hall–Kier alpha value is -1.59. The van der Waals surface area contributed by atoms with Crippen molar-refractivity contribution in [3.63, 3.8) is 0 Å². The monoisotopic (exact) mass is 427 g/mol. The Kier molecular flexibility index (Phi) is 7.22. The summed E-state index contributed by atoms with van der Waals surface area (Å²) in [5, 5.41) is 11.5. The molecule has 1 N–H and O–H groups in total. The van der Waals surface area contributed by atoms with Crippen molar-refractivity contribution >= 4 is 11.6 Å². The minimum absolute atomic E-state index is 0.124. The van der Waals surface area contributed by atoms with Gasteiger partial charge < -0.3 is 14.9 Å². The minimum Gasteiger partial charge on any atom is -0.389 e. The molecular formula is C26H41N3O2.